The van der Waals surface area contributed by atoms with E-state index in [1.165, 1.54) is 19.0 Å². The van der Waals surface area contributed by atoms with Gasteiger partial charge in [-0.3, -0.25) is 19.3 Å². The first-order chi connectivity index (χ1) is 16.8. The molecule has 3 aliphatic rings. The molecular formula is C25H29N3O8. The molecule has 1 saturated carbocycles. The number of likely N-dealkylation sites (N-methyl/N-ethyl adjacent to an activating group) is 1. The van der Waals surface area contributed by atoms with Crippen LogP contribution < -0.4 is 11.1 Å². The summed E-state index contributed by atoms with van der Waals surface area (Å²) < 4.78 is 0. The van der Waals surface area contributed by atoms with Gasteiger partial charge in [0, 0.05) is 18.0 Å². The third-order valence-corrected chi connectivity index (χ3v) is 7.57. The molecule has 0 spiro atoms. The lowest BCUT2D eigenvalue weighted by atomic mass is 9.54. The van der Waals surface area contributed by atoms with Crippen molar-refractivity contribution < 1.29 is 39.9 Å². The maximum Gasteiger partial charge on any atom is 0.255 e. The van der Waals surface area contributed by atoms with Crippen molar-refractivity contribution >= 4 is 28.9 Å². The number of hydrogen-bond donors (Lipinski definition) is 7. The number of Topliss-reactive ketones (excluding diaryl/α,β-unsaturated/α-hetero) is 2. The van der Waals surface area contributed by atoms with Crippen LogP contribution in [0.2, 0.25) is 0 Å². The van der Waals surface area contributed by atoms with E-state index in [9.17, 15) is 39.9 Å². The van der Waals surface area contributed by atoms with Crippen molar-refractivity contribution in [3.05, 3.63) is 52.8 Å². The zero-order valence-corrected chi connectivity index (χ0v) is 20.0. The quantitative estimate of drug-likeness (QED) is 0.166. The molecule has 0 saturated heterocycles. The van der Waals surface area contributed by atoms with Gasteiger partial charge < -0.3 is 36.6 Å². The largest absolute Gasteiger partial charge is 0.508 e. The number of anilines is 1. The van der Waals surface area contributed by atoms with Crippen LogP contribution in [0.15, 0.2) is 41.7 Å². The van der Waals surface area contributed by atoms with Crippen LogP contribution in [0.1, 0.15) is 24.0 Å². The van der Waals surface area contributed by atoms with Gasteiger partial charge in [-0.15, -0.1) is 6.58 Å². The molecule has 8 N–H and O–H groups in total. The van der Waals surface area contributed by atoms with Crippen molar-refractivity contribution in [2.45, 2.75) is 30.6 Å². The van der Waals surface area contributed by atoms with Gasteiger partial charge >= 0.3 is 0 Å². The van der Waals surface area contributed by atoms with Crippen molar-refractivity contribution in [2.75, 3.05) is 26.0 Å². The molecule has 0 aromatic heterocycles. The Balaban J connectivity index is 2.02. The molecule has 6 atom stereocenters. The number of nitrogens with two attached hydrogens (primary N) is 1. The molecule has 192 valence electrons. The van der Waals surface area contributed by atoms with Gasteiger partial charge in [-0.1, -0.05) is 19.1 Å². The van der Waals surface area contributed by atoms with Crippen LogP contribution in [0.3, 0.4) is 0 Å². The standard InChI is InChI=1S/C25H29N3O8/c1-5-8-27-11-7-6-10-9(2)12-14(19(30)13(10)18(11)29)22(33)25(36)16(20(12)31)17(28(3)4)21(32)15(23(25)34)24(26)35/h5-7,9,12,16-17,20,27,29-31,34,36H,1,8H2,2-4H3,(H2,26,35)/t9-,12+,16+,17-,20-,25-/m1/s1. The first-order valence-corrected chi connectivity index (χ1v) is 11.4. The Labute approximate surface area is 206 Å². The number of aliphatic hydroxyl groups is 4. The van der Waals surface area contributed by atoms with Gasteiger partial charge in [0.15, 0.2) is 11.4 Å². The highest BCUT2D eigenvalue weighted by Gasteiger charge is 2.68. The van der Waals surface area contributed by atoms with Crippen LogP contribution in [0.4, 0.5) is 5.69 Å². The van der Waals surface area contributed by atoms with Gasteiger partial charge in [0.1, 0.15) is 22.8 Å². The van der Waals surface area contributed by atoms with E-state index < -0.39 is 75.6 Å². The smallest absolute Gasteiger partial charge is 0.255 e. The number of carbonyl (C=O) groups is 3. The third-order valence-electron chi connectivity index (χ3n) is 7.57. The fourth-order valence-corrected chi connectivity index (χ4v) is 5.94. The number of nitrogens with zero attached hydrogens (tertiary/aromatic N) is 1. The minimum Gasteiger partial charge on any atom is -0.508 e. The van der Waals surface area contributed by atoms with E-state index in [1.807, 2.05) is 0 Å². The summed E-state index contributed by atoms with van der Waals surface area (Å²) in [6.45, 7) is 5.57. The maximum absolute atomic E-state index is 13.9. The summed E-state index contributed by atoms with van der Waals surface area (Å²) in [5.41, 5.74) is 1.60. The lowest BCUT2D eigenvalue weighted by molar-refractivity contribution is -0.169. The summed E-state index contributed by atoms with van der Waals surface area (Å²) in [6, 6.07) is 1.83. The number of amides is 1. The first kappa shape index (κ1) is 25.4. The molecule has 36 heavy (non-hydrogen) atoms. The first-order valence-electron chi connectivity index (χ1n) is 11.4. The molecule has 11 heteroatoms. The van der Waals surface area contributed by atoms with E-state index in [0.29, 0.717) is 12.1 Å². The van der Waals surface area contributed by atoms with Crippen LogP contribution in [0, 0.1) is 11.8 Å². The number of carbonyl (C=O) groups excluding carboxylic acids is 3. The van der Waals surface area contributed by atoms with Crippen LogP contribution in [-0.2, 0) is 14.4 Å². The Bertz CT molecular complexity index is 1270. The number of aromatic hydroxyl groups is 1. The lowest BCUT2D eigenvalue weighted by Gasteiger charge is -2.53. The van der Waals surface area contributed by atoms with Gasteiger partial charge in [-0.2, -0.15) is 0 Å². The summed E-state index contributed by atoms with van der Waals surface area (Å²) in [5.74, 6) is -9.13. The molecule has 1 amide bonds. The van der Waals surface area contributed by atoms with Crippen LogP contribution in [-0.4, -0.2) is 86.3 Å². The Morgan fingerprint density at radius 3 is 2.44 bits per heavy atom. The third kappa shape index (κ3) is 3.13. The van der Waals surface area contributed by atoms with E-state index in [2.05, 4.69) is 11.9 Å². The van der Waals surface area contributed by atoms with E-state index in [1.54, 1.807) is 25.1 Å². The number of phenols is 1. The summed E-state index contributed by atoms with van der Waals surface area (Å²) in [4.78, 5) is 40.4. The van der Waals surface area contributed by atoms with E-state index in [-0.39, 0.29) is 17.0 Å². The van der Waals surface area contributed by atoms with Gasteiger partial charge in [0.2, 0.25) is 5.78 Å². The zero-order chi connectivity index (χ0) is 26.9. The number of benzene rings is 1. The Hall–Kier alpha value is -3.67. The number of primary amides is 1. The predicted octanol–water partition coefficient (Wildman–Crippen LogP) is 0.0937. The fraction of sp³-hybridized carbons (Fsp3) is 0.400. The van der Waals surface area contributed by atoms with Crippen LogP contribution in [0.25, 0.3) is 5.76 Å². The fourth-order valence-electron chi connectivity index (χ4n) is 5.94. The summed E-state index contributed by atoms with van der Waals surface area (Å²) >= 11 is 0. The molecule has 0 heterocycles. The second-order valence-corrected chi connectivity index (χ2v) is 9.64. The molecular weight excluding hydrogens is 470 g/mol. The molecule has 0 radical (unpaired) electrons. The summed E-state index contributed by atoms with van der Waals surface area (Å²) in [6.07, 6.45) is -0.0644. The normalized spacial score (nSPS) is 31.7. The Morgan fingerprint density at radius 2 is 1.89 bits per heavy atom. The SMILES string of the molecule is C=CCNc1ccc2c(c1O)C(O)=C1C(=O)[C@@]3(O)C(O)=C(C(N)=O)C(=O)[C@H](N(C)C)[C@H]3[C@H](O)[C@H]1[C@@H]2C. The highest BCUT2D eigenvalue weighted by atomic mass is 16.4. The van der Waals surface area contributed by atoms with Crippen LogP contribution in [0.5, 0.6) is 5.75 Å². The number of rotatable bonds is 5. The topological polar surface area (TPSA) is 194 Å². The average molecular weight is 500 g/mol. The van der Waals surface area contributed by atoms with Crippen molar-refractivity contribution in [1.82, 2.24) is 4.90 Å². The van der Waals surface area contributed by atoms with Gasteiger partial charge in [0.25, 0.3) is 5.91 Å². The molecule has 3 aliphatic carbocycles. The molecule has 1 aromatic carbocycles. The highest BCUT2D eigenvalue weighted by molar-refractivity contribution is 6.24. The summed E-state index contributed by atoms with van der Waals surface area (Å²) in [7, 11) is 2.92. The predicted molar refractivity (Wildman–Crippen MR) is 129 cm³/mol. The van der Waals surface area contributed by atoms with Gasteiger partial charge in [-0.25, -0.2) is 0 Å². The highest BCUT2D eigenvalue weighted by Crippen LogP contribution is 2.56. The van der Waals surface area contributed by atoms with Crippen molar-refractivity contribution in [1.29, 1.82) is 0 Å². The van der Waals surface area contributed by atoms with E-state index in [4.69, 9.17) is 5.73 Å². The molecule has 11 nitrogen and oxygen atoms in total. The molecule has 0 unspecified atom stereocenters. The Kier molecular flexibility index (Phi) is 5.98. The number of fused-ring (bicyclic) bond motifs is 3. The van der Waals surface area contributed by atoms with Gasteiger partial charge in [-0.05, 0) is 31.6 Å². The minimum absolute atomic E-state index is 0.0694. The van der Waals surface area contributed by atoms with Crippen molar-refractivity contribution in [3.8, 4) is 5.75 Å². The molecule has 1 fully saturated rings. The average Bonchev–Trinajstić information content (AvgIpc) is 2.80. The number of aliphatic hydroxyl groups excluding tert-OH is 3. The monoisotopic (exact) mass is 499 g/mol. The lowest BCUT2D eigenvalue weighted by Crippen LogP contribution is -2.70. The van der Waals surface area contributed by atoms with Crippen LogP contribution >= 0.6 is 0 Å². The van der Waals surface area contributed by atoms with Crippen molar-refractivity contribution in [3.63, 3.8) is 0 Å². The van der Waals surface area contributed by atoms with Gasteiger partial charge in [0.05, 0.1) is 29.3 Å². The minimum atomic E-state index is -2.93. The maximum atomic E-state index is 13.9. The van der Waals surface area contributed by atoms with E-state index >= 15 is 0 Å². The number of nitrogens with one attached hydrogen (secondary N) is 1. The second-order valence-electron chi connectivity index (χ2n) is 9.64. The number of hydrogen-bond acceptors (Lipinski definition) is 10. The molecule has 0 aliphatic heterocycles. The zero-order valence-electron chi connectivity index (χ0n) is 20.0. The Morgan fingerprint density at radius 1 is 1.25 bits per heavy atom. The van der Waals surface area contributed by atoms with Crippen molar-refractivity contribution in [2.24, 2.45) is 17.6 Å². The number of ketones is 2. The molecule has 4 rings (SSSR count). The second kappa shape index (κ2) is 8.47. The van der Waals surface area contributed by atoms with E-state index in [0.717, 1.165) is 0 Å². The molecule has 1 aromatic rings. The summed E-state index contributed by atoms with van der Waals surface area (Å²) in [5, 5.41) is 59.1. The number of phenolic OH excluding ortho intramolecular Hbond substituents is 1. The molecule has 0 bridgehead atoms.